The van der Waals surface area contributed by atoms with Crippen LogP contribution in [0.4, 0.5) is 0 Å². The van der Waals surface area contributed by atoms with Crippen LogP contribution in [0.1, 0.15) is 62.4 Å². The quantitative estimate of drug-likeness (QED) is 0.117. The van der Waals surface area contributed by atoms with Gasteiger partial charge in [-0.25, -0.2) is 0 Å². The molecule has 6 N–H and O–H groups in total. The molecular weight excluding hydrogens is 613 g/mol. The van der Waals surface area contributed by atoms with E-state index in [0.29, 0.717) is 0 Å². The number of carbonyl (C=O) groups excluding carboxylic acids is 3. The fourth-order valence-corrected chi connectivity index (χ4v) is 10.3. The summed E-state index contributed by atoms with van der Waals surface area (Å²) in [6.07, 6.45) is -3.32. The molecule has 4 unspecified atom stereocenters. The van der Waals surface area contributed by atoms with E-state index in [2.05, 4.69) is 0 Å². The summed E-state index contributed by atoms with van der Waals surface area (Å²) >= 11 is -2.69. The Bertz CT molecular complexity index is 1330. The van der Waals surface area contributed by atoms with Gasteiger partial charge in [0, 0.05) is 0 Å². The average Bonchev–Trinajstić information content (AvgIpc) is 2.90. The summed E-state index contributed by atoms with van der Waals surface area (Å²) in [5.74, 6) is -2.22. The van der Waals surface area contributed by atoms with E-state index in [9.17, 15) is 34.8 Å². The van der Waals surface area contributed by atoms with Crippen LogP contribution in [0.3, 0.4) is 0 Å². The number of carbonyl (C=O) groups is 3. The number of hydrogen-bond acceptors (Lipinski definition) is 11. The van der Waals surface area contributed by atoms with Crippen LogP contribution in [0, 0.1) is 0 Å². The van der Waals surface area contributed by atoms with E-state index in [1.165, 1.54) is 19.2 Å². The third kappa shape index (κ3) is 4.19. The fraction of sp³-hybridized carbons (Fsp3) is 0.423. The molecule has 1 aliphatic carbocycles. The van der Waals surface area contributed by atoms with Crippen molar-refractivity contribution in [1.82, 2.24) is 0 Å². The molecule has 204 valence electrons. The van der Waals surface area contributed by atoms with Crippen LogP contribution in [-0.4, -0.2) is 78.5 Å². The van der Waals surface area contributed by atoms with Crippen molar-refractivity contribution >= 4 is 35.2 Å². The minimum atomic E-state index is -2.69. The van der Waals surface area contributed by atoms with Gasteiger partial charge >= 0.3 is 225 Å². The van der Waals surface area contributed by atoms with Gasteiger partial charge in [-0.1, -0.05) is 0 Å². The number of phenolic OH excluding ortho intramolecular Hbond substituents is 2. The van der Waals surface area contributed by atoms with Gasteiger partial charge in [0.25, 0.3) is 0 Å². The SMILES string of the molecule is COc1cccc2c1C(=O)c1c(O)c3c(c(O)c1C2=O)CI(C(=O)CO)C[C@@H]3OC1CC(N)C(O)C(C)O1. The summed E-state index contributed by atoms with van der Waals surface area (Å²) in [5.41, 5.74) is 5.57. The third-order valence-corrected chi connectivity index (χ3v) is 12.8. The Morgan fingerprint density at radius 3 is 2.53 bits per heavy atom. The number of ether oxygens (including phenoxy) is 3. The Morgan fingerprint density at radius 2 is 1.87 bits per heavy atom. The van der Waals surface area contributed by atoms with Crippen LogP contribution in [-0.2, 0) is 18.7 Å². The van der Waals surface area contributed by atoms with E-state index >= 15 is 0 Å². The number of fused-ring (bicyclic) bond motifs is 3. The second kappa shape index (κ2) is 10.2. The molecule has 5 atom stereocenters. The first-order chi connectivity index (χ1) is 18.1. The van der Waals surface area contributed by atoms with Gasteiger partial charge in [0.05, 0.1) is 0 Å². The molecule has 2 aromatic carbocycles. The van der Waals surface area contributed by atoms with E-state index in [-0.39, 0.29) is 58.2 Å². The first-order valence-corrected chi connectivity index (χ1v) is 16.1. The molecule has 0 radical (unpaired) electrons. The third-order valence-electron chi connectivity index (χ3n) is 7.19. The van der Waals surface area contributed by atoms with Crippen molar-refractivity contribution in [3.63, 3.8) is 0 Å². The van der Waals surface area contributed by atoms with Crippen LogP contribution in [0.2, 0.25) is 0 Å². The van der Waals surface area contributed by atoms with Crippen LogP contribution in [0.25, 0.3) is 0 Å². The van der Waals surface area contributed by atoms with Crippen molar-refractivity contribution in [3.8, 4) is 17.2 Å². The zero-order chi connectivity index (χ0) is 27.5. The van der Waals surface area contributed by atoms with E-state index in [4.69, 9.17) is 19.9 Å². The van der Waals surface area contributed by atoms with Gasteiger partial charge in [0.2, 0.25) is 0 Å². The summed E-state index contributed by atoms with van der Waals surface area (Å²) in [6.45, 7) is 0.959. The number of phenols is 2. The fourth-order valence-electron chi connectivity index (χ4n) is 5.27. The number of benzene rings is 2. The Labute approximate surface area is 224 Å². The first kappa shape index (κ1) is 27.0. The van der Waals surface area contributed by atoms with Crippen LogP contribution in [0.15, 0.2) is 18.2 Å². The summed E-state index contributed by atoms with van der Waals surface area (Å²) in [6, 6.07) is 3.86. The molecule has 2 aliphatic heterocycles. The number of aliphatic hydroxyl groups is 2. The number of aliphatic hydroxyl groups excluding tert-OH is 2. The summed E-state index contributed by atoms with van der Waals surface area (Å²) in [4.78, 5) is 39.7. The molecule has 11 nitrogen and oxygen atoms in total. The topological polar surface area (TPSA) is 186 Å². The van der Waals surface area contributed by atoms with Gasteiger partial charge in [-0.15, -0.1) is 0 Å². The van der Waals surface area contributed by atoms with Crippen molar-refractivity contribution in [2.45, 2.75) is 48.4 Å². The zero-order valence-corrected chi connectivity index (χ0v) is 22.8. The predicted octanol–water partition coefficient (Wildman–Crippen LogP) is 1.30. The van der Waals surface area contributed by atoms with Gasteiger partial charge in [-0.3, -0.25) is 0 Å². The second-order valence-corrected chi connectivity index (χ2v) is 14.9. The number of alkyl halides is 2. The molecule has 3 aliphatic rings. The van der Waals surface area contributed by atoms with Crippen LogP contribution < -0.4 is 10.5 Å². The van der Waals surface area contributed by atoms with Crippen molar-refractivity contribution in [1.29, 1.82) is 0 Å². The maximum atomic E-state index is 13.6. The van der Waals surface area contributed by atoms with Crippen LogP contribution >= 0.6 is 19.8 Å². The molecule has 0 aromatic heterocycles. The number of nitrogens with two attached hydrogens (primary N) is 1. The van der Waals surface area contributed by atoms with Gasteiger partial charge in [-0.05, 0) is 0 Å². The van der Waals surface area contributed by atoms with Crippen LogP contribution in [0.5, 0.6) is 17.2 Å². The summed E-state index contributed by atoms with van der Waals surface area (Å²) in [7, 11) is 1.35. The van der Waals surface area contributed by atoms with E-state index in [1.54, 1.807) is 13.0 Å². The van der Waals surface area contributed by atoms with E-state index in [1.807, 2.05) is 0 Å². The van der Waals surface area contributed by atoms with Gasteiger partial charge in [0.1, 0.15) is 0 Å². The van der Waals surface area contributed by atoms with Crippen molar-refractivity contribution in [2.75, 3.05) is 18.1 Å². The maximum absolute atomic E-state index is 13.6. The number of rotatable bonds is 5. The Hall–Kier alpha value is -2.62. The van der Waals surface area contributed by atoms with E-state index < -0.39 is 80.1 Å². The molecule has 38 heavy (non-hydrogen) atoms. The molecule has 5 rings (SSSR count). The molecule has 0 amide bonds. The number of ketones is 2. The summed E-state index contributed by atoms with van der Waals surface area (Å²) in [5, 5.41) is 42.5. The molecule has 0 saturated carbocycles. The summed E-state index contributed by atoms with van der Waals surface area (Å²) < 4.78 is 17.1. The molecule has 0 bridgehead atoms. The van der Waals surface area contributed by atoms with Gasteiger partial charge in [0.15, 0.2) is 0 Å². The van der Waals surface area contributed by atoms with Gasteiger partial charge < -0.3 is 0 Å². The number of aromatic hydroxyl groups is 2. The first-order valence-electron chi connectivity index (χ1n) is 12.0. The minimum absolute atomic E-state index is 0.0243. The van der Waals surface area contributed by atoms with Crippen molar-refractivity contribution < 1.29 is 49.0 Å². The Balaban J connectivity index is 1.65. The molecule has 2 heterocycles. The second-order valence-electron chi connectivity index (χ2n) is 9.42. The number of halogens is 1. The predicted molar refractivity (Wildman–Crippen MR) is 141 cm³/mol. The Kier molecular flexibility index (Phi) is 7.22. The Morgan fingerprint density at radius 1 is 1.16 bits per heavy atom. The molecule has 1 saturated heterocycles. The van der Waals surface area contributed by atoms with Gasteiger partial charge in [-0.2, -0.15) is 0 Å². The molecule has 1 fully saturated rings. The molecule has 2 aromatic rings. The van der Waals surface area contributed by atoms with Crippen molar-refractivity contribution in [2.24, 2.45) is 5.73 Å². The number of methoxy groups -OCH3 is 1. The van der Waals surface area contributed by atoms with E-state index in [0.717, 1.165) is 0 Å². The standard InChI is InChI=1S/C26H28INO10/c1-10-22(31)13(28)6-17(37-10)38-15-8-27(16(30)9-29)7-12-19(15)26(35)21-20(24(12)33)23(32)11-4-3-5-14(36-2)18(11)25(21)34/h3-5,10,13,15,17,22,29,31,33,35H,6-9,28H2,1-2H3/t10?,13?,15-,17?,22?/m0/s1. The van der Waals surface area contributed by atoms with Crippen molar-refractivity contribution in [3.05, 3.63) is 51.6 Å². The monoisotopic (exact) mass is 641 g/mol. The normalized spacial score (nSPS) is 27.4. The molecular formula is C26H28INO10. The molecule has 12 heteroatoms. The molecule has 0 spiro atoms. The number of hydrogen-bond donors (Lipinski definition) is 5. The average molecular weight is 641 g/mol. The zero-order valence-electron chi connectivity index (χ0n) is 20.6.